The van der Waals surface area contributed by atoms with E-state index in [1.54, 1.807) is 13.0 Å². The van der Waals surface area contributed by atoms with Gasteiger partial charge in [0.25, 0.3) is 0 Å². The second-order valence-corrected chi connectivity index (χ2v) is 4.79. The molecule has 0 atom stereocenters. The maximum Gasteiger partial charge on any atom is 0.340 e. The van der Waals surface area contributed by atoms with Gasteiger partial charge in [0.1, 0.15) is 5.70 Å². The van der Waals surface area contributed by atoms with Crippen molar-refractivity contribution in [1.29, 1.82) is 0 Å². The van der Waals surface area contributed by atoms with Crippen LogP contribution in [0.3, 0.4) is 0 Å². The second kappa shape index (κ2) is 7.28. The van der Waals surface area contributed by atoms with Crippen LogP contribution in [0.25, 0.3) is 27.6 Å². The number of hydrogen-bond acceptors (Lipinski definition) is 4. The summed E-state index contributed by atoms with van der Waals surface area (Å²) in [7, 11) is 0. The van der Waals surface area contributed by atoms with Crippen molar-refractivity contribution in [2.24, 2.45) is 5.11 Å². The Balaban J connectivity index is 2.42. The predicted molar refractivity (Wildman–Crippen MR) is 83.5 cm³/mol. The lowest BCUT2D eigenvalue weighted by Gasteiger charge is -2.03. The molecule has 0 N–H and O–H groups in total. The van der Waals surface area contributed by atoms with E-state index >= 15 is 0 Å². The van der Waals surface area contributed by atoms with E-state index in [0.717, 1.165) is 16.7 Å². The number of esters is 1. The van der Waals surface area contributed by atoms with Gasteiger partial charge in [0, 0.05) is 4.91 Å². The number of ether oxygens (including phenoxy) is 1. The Kier molecular flexibility index (Phi) is 5.15. The van der Waals surface area contributed by atoms with E-state index in [-0.39, 0.29) is 12.3 Å². The van der Waals surface area contributed by atoms with E-state index in [1.807, 2.05) is 41.1 Å². The summed E-state index contributed by atoms with van der Waals surface area (Å²) in [6, 6.07) is 9.80. The molecule has 2 rings (SSSR count). The van der Waals surface area contributed by atoms with E-state index in [9.17, 15) is 4.79 Å². The average Bonchev–Trinajstić information content (AvgIpc) is 2.96. The summed E-state index contributed by atoms with van der Waals surface area (Å²) in [6.07, 6.45) is 1.55. The molecular formula is C15H13N3O2S. The lowest BCUT2D eigenvalue weighted by molar-refractivity contribution is -0.138. The molecular weight excluding hydrogens is 286 g/mol. The fourth-order valence-corrected chi connectivity index (χ4v) is 2.62. The molecule has 0 saturated carbocycles. The molecule has 6 heteroatoms. The molecule has 0 spiro atoms. The zero-order valence-electron chi connectivity index (χ0n) is 11.4. The normalized spacial score (nSPS) is 10.8. The molecule has 0 fully saturated rings. The van der Waals surface area contributed by atoms with Gasteiger partial charge in [0.2, 0.25) is 0 Å². The first-order valence-corrected chi connectivity index (χ1v) is 7.26. The van der Waals surface area contributed by atoms with Crippen LogP contribution in [0.2, 0.25) is 0 Å². The summed E-state index contributed by atoms with van der Waals surface area (Å²) in [5.74, 6) is -0.625. The third-order valence-corrected chi connectivity index (χ3v) is 3.47. The molecule has 0 aliphatic heterocycles. The van der Waals surface area contributed by atoms with Crippen LogP contribution < -0.4 is 0 Å². The van der Waals surface area contributed by atoms with Gasteiger partial charge in [-0.25, -0.2) is 4.79 Å². The maximum atomic E-state index is 11.8. The second-order valence-electron chi connectivity index (χ2n) is 4.05. The van der Waals surface area contributed by atoms with Crippen LogP contribution in [-0.2, 0) is 9.53 Å². The molecule has 0 bridgehead atoms. The smallest absolute Gasteiger partial charge is 0.340 e. The van der Waals surface area contributed by atoms with Crippen molar-refractivity contribution >= 4 is 23.4 Å². The minimum absolute atomic E-state index is 0.0464. The van der Waals surface area contributed by atoms with Gasteiger partial charge in [-0.15, -0.1) is 0 Å². The number of hydrogen-bond donors (Lipinski definition) is 0. The van der Waals surface area contributed by atoms with Crippen molar-refractivity contribution in [3.8, 4) is 11.1 Å². The molecule has 0 aliphatic carbocycles. The Hall–Kier alpha value is -2.56. The number of thiophene rings is 1. The van der Waals surface area contributed by atoms with Crippen molar-refractivity contribution in [3.05, 3.63) is 62.8 Å². The quantitative estimate of drug-likeness (QED) is 0.265. The van der Waals surface area contributed by atoms with E-state index in [0.29, 0.717) is 0 Å². The van der Waals surface area contributed by atoms with E-state index < -0.39 is 5.97 Å². The lowest BCUT2D eigenvalue weighted by atomic mass is 10.0. The zero-order valence-corrected chi connectivity index (χ0v) is 12.2. The largest absolute Gasteiger partial charge is 0.462 e. The Morgan fingerprint density at radius 2 is 2.14 bits per heavy atom. The number of azide groups is 1. The highest BCUT2D eigenvalue weighted by molar-refractivity contribution is 7.08. The standard InChI is InChI=1S/C15H13N3O2S/c1-2-20-15(19)14(17-18-16)8-12-9-21-10-13(12)11-6-4-3-5-7-11/h3-10H,2H2,1H3. The fourth-order valence-electron chi connectivity index (χ4n) is 1.80. The molecule has 0 radical (unpaired) electrons. The van der Waals surface area contributed by atoms with E-state index in [4.69, 9.17) is 10.3 Å². The van der Waals surface area contributed by atoms with Gasteiger partial charge >= 0.3 is 5.97 Å². The van der Waals surface area contributed by atoms with Crippen molar-refractivity contribution in [2.45, 2.75) is 6.92 Å². The highest BCUT2D eigenvalue weighted by Crippen LogP contribution is 2.29. The first kappa shape index (κ1) is 14.8. The van der Waals surface area contributed by atoms with Gasteiger partial charge in [0.15, 0.2) is 0 Å². The summed E-state index contributed by atoms with van der Waals surface area (Å²) in [5.41, 5.74) is 11.4. The Bertz CT molecular complexity index is 701. The Morgan fingerprint density at radius 1 is 1.38 bits per heavy atom. The third kappa shape index (κ3) is 3.72. The van der Waals surface area contributed by atoms with Crippen LogP contribution in [0.4, 0.5) is 0 Å². The lowest BCUT2D eigenvalue weighted by Crippen LogP contribution is -2.05. The van der Waals surface area contributed by atoms with Crippen LogP contribution in [0.5, 0.6) is 0 Å². The molecule has 0 amide bonds. The molecule has 1 heterocycles. The number of rotatable bonds is 5. The van der Waals surface area contributed by atoms with Gasteiger partial charge in [-0.1, -0.05) is 35.4 Å². The van der Waals surface area contributed by atoms with Gasteiger partial charge in [-0.3, -0.25) is 0 Å². The minimum atomic E-state index is -0.625. The number of carbonyl (C=O) groups is 1. The number of benzene rings is 1. The summed E-state index contributed by atoms with van der Waals surface area (Å²) >= 11 is 1.51. The molecule has 0 saturated heterocycles. The Labute approximate surface area is 126 Å². The van der Waals surface area contributed by atoms with Gasteiger partial charge in [-0.05, 0) is 46.0 Å². The summed E-state index contributed by atoms with van der Waals surface area (Å²) in [4.78, 5) is 14.4. The Morgan fingerprint density at radius 3 is 2.81 bits per heavy atom. The van der Waals surface area contributed by atoms with Crippen molar-refractivity contribution < 1.29 is 9.53 Å². The van der Waals surface area contributed by atoms with Crippen LogP contribution >= 0.6 is 11.3 Å². The molecule has 0 unspecified atom stereocenters. The summed E-state index contributed by atoms with van der Waals surface area (Å²) in [5, 5.41) is 7.31. The van der Waals surface area contributed by atoms with E-state index in [2.05, 4.69) is 10.0 Å². The zero-order chi connectivity index (χ0) is 15.1. The summed E-state index contributed by atoms with van der Waals surface area (Å²) in [6.45, 7) is 1.93. The predicted octanol–water partition coefficient (Wildman–Crippen LogP) is 4.63. The van der Waals surface area contributed by atoms with Crippen LogP contribution in [-0.4, -0.2) is 12.6 Å². The number of carbonyl (C=O) groups excluding carboxylic acids is 1. The highest BCUT2D eigenvalue weighted by Gasteiger charge is 2.11. The number of nitrogens with zero attached hydrogens (tertiary/aromatic N) is 3. The molecule has 5 nitrogen and oxygen atoms in total. The molecule has 106 valence electrons. The highest BCUT2D eigenvalue weighted by atomic mass is 32.1. The maximum absolute atomic E-state index is 11.8. The van der Waals surface area contributed by atoms with Gasteiger partial charge < -0.3 is 4.74 Å². The van der Waals surface area contributed by atoms with Crippen molar-refractivity contribution in [3.63, 3.8) is 0 Å². The topological polar surface area (TPSA) is 75.1 Å². The van der Waals surface area contributed by atoms with E-state index in [1.165, 1.54) is 11.3 Å². The minimum Gasteiger partial charge on any atom is -0.462 e. The molecule has 0 aliphatic rings. The van der Waals surface area contributed by atoms with Crippen LogP contribution in [0.1, 0.15) is 12.5 Å². The molecule has 2 aromatic rings. The first-order valence-electron chi connectivity index (χ1n) is 6.31. The van der Waals surface area contributed by atoms with Gasteiger partial charge in [0.05, 0.1) is 6.61 Å². The summed E-state index contributed by atoms with van der Waals surface area (Å²) < 4.78 is 4.88. The van der Waals surface area contributed by atoms with Crippen molar-refractivity contribution in [1.82, 2.24) is 0 Å². The third-order valence-electron chi connectivity index (χ3n) is 2.71. The molecule has 1 aromatic heterocycles. The van der Waals surface area contributed by atoms with Crippen LogP contribution in [0.15, 0.2) is 51.9 Å². The molecule has 1 aromatic carbocycles. The van der Waals surface area contributed by atoms with Gasteiger partial charge in [-0.2, -0.15) is 11.3 Å². The van der Waals surface area contributed by atoms with Crippen molar-refractivity contribution in [2.75, 3.05) is 6.61 Å². The average molecular weight is 299 g/mol. The SMILES string of the molecule is CCOC(=O)C(=Cc1cscc1-c1ccccc1)N=[N+]=[N-]. The monoisotopic (exact) mass is 299 g/mol. The molecule has 21 heavy (non-hydrogen) atoms. The first-order chi connectivity index (χ1) is 10.3. The van der Waals surface area contributed by atoms with Crippen LogP contribution in [0, 0.1) is 0 Å². The fraction of sp³-hybridized carbons (Fsp3) is 0.133.